The van der Waals surface area contributed by atoms with Crippen LogP contribution >= 0.6 is 0 Å². The maximum Gasteiger partial charge on any atom is 0.253 e. The van der Waals surface area contributed by atoms with Crippen LogP contribution in [-0.4, -0.2) is 62.4 Å². The largest absolute Gasteiger partial charge is 0.496 e. The van der Waals surface area contributed by atoms with Gasteiger partial charge in [-0.1, -0.05) is 36.4 Å². The van der Waals surface area contributed by atoms with Crippen molar-refractivity contribution in [3.63, 3.8) is 0 Å². The van der Waals surface area contributed by atoms with E-state index in [9.17, 15) is 10.1 Å². The molecule has 5 aromatic rings. The molecule has 0 saturated carbocycles. The van der Waals surface area contributed by atoms with Crippen LogP contribution in [0.3, 0.4) is 0 Å². The highest BCUT2D eigenvalue weighted by atomic mass is 16.6. The number of amides is 1. The van der Waals surface area contributed by atoms with Crippen LogP contribution in [0.15, 0.2) is 89.5 Å². The zero-order valence-corrected chi connectivity index (χ0v) is 25.4. The average molecular weight is 604 g/mol. The van der Waals surface area contributed by atoms with Crippen LogP contribution in [0.4, 0.5) is 0 Å². The van der Waals surface area contributed by atoms with Gasteiger partial charge in [0.2, 0.25) is 0 Å². The first-order chi connectivity index (χ1) is 21.9. The summed E-state index contributed by atoms with van der Waals surface area (Å²) in [5.41, 5.74) is 5.47. The molecule has 1 saturated heterocycles. The predicted molar refractivity (Wildman–Crippen MR) is 169 cm³/mol. The number of aromatic nitrogens is 1. The molecule has 3 aromatic carbocycles. The van der Waals surface area contributed by atoms with E-state index in [0.717, 1.165) is 16.7 Å². The van der Waals surface area contributed by atoms with E-state index in [4.69, 9.17) is 23.4 Å². The summed E-state index contributed by atoms with van der Waals surface area (Å²) in [5, 5.41) is 10.1. The molecule has 2 aromatic heterocycles. The first kappa shape index (κ1) is 29.9. The van der Waals surface area contributed by atoms with E-state index in [2.05, 4.69) is 11.1 Å². The Kier molecular flexibility index (Phi) is 8.78. The van der Waals surface area contributed by atoms with Crippen molar-refractivity contribution in [2.75, 3.05) is 34.4 Å². The molecule has 2 atom stereocenters. The maximum atomic E-state index is 12.5. The Hall–Kier alpha value is -5.17. The molecule has 1 aliphatic heterocycles. The third kappa shape index (κ3) is 6.38. The monoisotopic (exact) mass is 603 g/mol. The Balaban J connectivity index is 1.26. The first-order valence-corrected chi connectivity index (χ1v) is 14.7. The molecule has 0 spiro atoms. The number of hydrogen-bond donors (Lipinski definition) is 0. The van der Waals surface area contributed by atoms with Crippen LogP contribution in [-0.2, 0) is 16.1 Å². The molecule has 0 radical (unpaired) electrons. The Morgan fingerprint density at radius 1 is 1.00 bits per heavy atom. The molecule has 9 nitrogen and oxygen atoms in total. The number of carbonyl (C=O) groups excluding carboxylic acids is 1. The average Bonchev–Trinajstić information content (AvgIpc) is 3.52. The van der Waals surface area contributed by atoms with Gasteiger partial charge in [0.25, 0.3) is 5.91 Å². The number of nitrogens with zero attached hydrogens (tertiary/aromatic N) is 3. The third-order valence-electron chi connectivity index (χ3n) is 7.77. The van der Waals surface area contributed by atoms with Crippen molar-refractivity contribution in [2.24, 2.45) is 0 Å². The Labute approximate surface area is 261 Å². The van der Waals surface area contributed by atoms with Crippen LogP contribution in [0, 0.1) is 11.3 Å². The number of hydrogen-bond acceptors (Lipinski definition) is 8. The predicted octanol–water partition coefficient (Wildman–Crippen LogP) is 6.50. The van der Waals surface area contributed by atoms with Gasteiger partial charge in [0.05, 0.1) is 38.1 Å². The molecule has 1 aliphatic rings. The zero-order chi connectivity index (χ0) is 31.3. The molecule has 1 amide bonds. The van der Waals surface area contributed by atoms with Gasteiger partial charge in [-0.25, -0.2) is 0 Å². The van der Waals surface area contributed by atoms with Crippen molar-refractivity contribution in [2.45, 2.75) is 25.2 Å². The minimum Gasteiger partial charge on any atom is -0.496 e. The topological polar surface area (TPSA) is 107 Å². The van der Waals surface area contributed by atoms with E-state index in [1.165, 1.54) is 4.90 Å². The highest BCUT2D eigenvalue weighted by Gasteiger charge is 2.29. The first-order valence-electron chi connectivity index (χ1n) is 14.7. The number of furan rings is 1. The molecule has 0 bridgehead atoms. The van der Waals surface area contributed by atoms with Gasteiger partial charge in [-0.3, -0.25) is 9.78 Å². The minimum atomic E-state index is -0.265. The summed E-state index contributed by atoms with van der Waals surface area (Å²) in [6.07, 6.45) is 1.84. The fourth-order valence-electron chi connectivity index (χ4n) is 5.39. The Morgan fingerprint density at radius 3 is 2.62 bits per heavy atom. The number of benzene rings is 3. The summed E-state index contributed by atoms with van der Waals surface area (Å²) in [6, 6.07) is 26.7. The molecule has 6 rings (SSSR count). The number of pyridine rings is 1. The summed E-state index contributed by atoms with van der Waals surface area (Å²) in [7, 11) is 4.96. The Morgan fingerprint density at radius 2 is 1.84 bits per heavy atom. The maximum absolute atomic E-state index is 12.5. The molecular weight excluding hydrogens is 570 g/mol. The van der Waals surface area contributed by atoms with Crippen molar-refractivity contribution in [1.82, 2.24) is 9.88 Å². The molecule has 9 heteroatoms. The van der Waals surface area contributed by atoms with E-state index < -0.39 is 0 Å². The summed E-state index contributed by atoms with van der Waals surface area (Å²) in [5.74, 6) is 1.42. The number of rotatable bonds is 9. The zero-order valence-electron chi connectivity index (χ0n) is 25.4. The molecule has 228 valence electrons. The van der Waals surface area contributed by atoms with Crippen molar-refractivity contribution >= 4 is 17.0 Å². The number of carbonyl (C=O) groups is 1. The van der Waals surface area contributed by atoms with Gasteiger partial charge in [0.15, 0.2) is 5.58 Å². The van der Waals surface area contributed by atoms with E-state index in [1.807, 2.05) is 54.6 Å². The van der Waals surface area contributed by atoms with E-state index in [0.29, 0.717) is 71.3 Å². The summed E-state index contributed by atoms with van der Waals surface area (Å²) >= 11 is 0. The van der Waals surface area contributed by atoms with Crippen molar-refractivity contribution < 1.29 is 28.2 Å². The fourth-order valence-corrected chi connectivity index (χ4v) is 5.39. The number of fused-ring (bicyclic) bond motifs is 1. The highest BCUT2D eigenvalue weighted by Crippen LogP contribution is 2.38. The van der Waals surface area contributed by atoms with E-state index in [-0.39, 0.29) is 18.1 Å². The van der Waals surface area contributed by atoms with Gasteiger partial charge in [-0.05, 0) is 47.5 Å². The second-order valence-electron chi connectivity index (χ2n) is 11.0. The van der Waals surface area contributed by atoms with Crippen LogP contribution in [0.2, 0.25) is 0 Å². The van der Waals surface area contributed by atoms with Gasteiger partial charge >= 0.3 is 0 Å². The second kappa shape index (κ2) is 13.2. The lowest BCUT2D eigenvalue weighted by atomic mass is 10.0. The van der Waals surface area contributed by atoms with Crippen molar-refractivity contribution in [1.29, 1.82) is 5.26 Å². The van der Waals surface area contributed by atoms with Gasteiger partial charge in [0, 0.05) is 43.9 Å². The smallest absolute Gasteiger partial charge is 0.253 e. The SMILES string of the molecule is COc1cc(C(=O)N(C)C)ccc1-c1cc2nccc(-c3ccc(OC4CCOCC4OCc4ccccc4)c(C#N)c3)c2o1. The minimum absolute atomic E-state index is 0.124. The highest BCUT2D eigenvalue weighted by molar-refractivity contribution is 5.96. The number of ether oxygens (including phenoxy) is 4. The van der Waals surface area contributed by atoms with E-state index >= 15 is 0 Å². The molecule has 2 unspecified atom stereocenters. The standard InChI is InChI=1S/C36H33N3O6/c1-39(2)36(40)25-9-11-28(32(18-25)41-3)33-19-29-35(45-33)27(13-15-38-29)24-10-12-30(26(17-24)20-37)44-31-14-16-42-22-34(31)43-21-23-7-5-4-6-8-23/h4-13,15,17-19,31,34H,14,16,21-22H2,1-3H3. The molecule has 3 heterocycles. The van der Waals surface area contributed by atoms with Gasteiger partial charge in [-0.15, -0.1) is 0 Å². The van der Waals surface area contributed by atoms with Gasteiger partial charge < -0.3 is 28.3 Å². The van der Waals surface area contributed by atoms with Crippen LogP contribution in [0.25, 0.3) is 33.6 Å². The normalized spacial score (nSPS) is 16.2. The van der Waals surface area contributed by atoms with Gasteiger partial charge in [-0.2, -0.15) is 5.26 Å². The van der Waals surface area contributed by atoms with Crippen LogP contribution < -0.4 is 9.47 Å². The quantitative estimate of drug-likeness (QED) is 0.188. The van der Waals surface area contributed by atoms with Crippen molar-refractivity contribution in [3.05, 3.63) is 102 Å². The van der Waals surface area contributed by atoms with Crippen molar-refractivity contribution in [3.8, 4) is 40.0 Å². The number of methoxy groups -OCH3 is 1. The third-order valence-corrected chi connectivity index (χ3v) is 7.77. The summed E-state index contributed by atoms with van der Waals surface area (Å²) in [4.78, 5) is 18.5. The molecule has 1 fully saturated rings. The van der Waals surface area contributed by atoms with Gasteiger partial charge in [0.1, 0.15) is 41.1 Å². The lowest BCUT2D eigenvalue weighted by Crippen LogP contribution is -2.42. The molecular formula is C36H33N3O6. The summed E-state index contributed by atoms with van der Waals surface area (Å²) < 4.78 is 30.2. The summed E-state index contributed by atoms with van der Waals surface area (Å²) in [6.45, 7) is 1.43. The molecule has 0 aliphatic carbocycles. The number of nitriles is 1. The second-order valence-corrected chi connectivity index (χ2v) is 11.0. The van der Waals surface area contributed by atoms with Crippen LogP contribution in [0.1, 0.15) is 27.9 Å². The molecule has 0 N–H and O–H groups in total. The lowest BCUT2D eigenvalue weighted by molar-refractivity contribution is -0.114. The van der Waals surface area contributed by atoms with E-state index in [1.54, 1.807) is 51.7 Å². The fraction of sp³-hybridized carbons (Fsp3) is 0.250. The molecule has 45 heavy (non-hydrogen) atoms. The Bertz CT molecular complexity index is 1860. The van der Waals surface area contributed by atoms with Crippen LogP contribution in [0.5, 0.6) is 11.5 Å². The lowest BCUT2D eigenvalue weighted by Gasteiger charge is -2.32.